The van der Waals surface area contributed by atoms with Crippen molar-refractivity contribution in [3.8, 4) is 22.8 Å². The fraction of sp³-hybridized carbons (Fsp3) is 0.250. The lowest BCUT2D eigenvalue weighted by atomic mass is 9.98. The van der Waals surface area contributed by atoms with Crippen molar-refractivity contribution in [2.75, 3.05) is 0 Å². The van der Waals surface area contributed by atoms with Crippen LogP contribution in [0.5, 0.6) is 11.5 Å². The number of phenolic OH excluding ortho intramolecular Hbond substituents is 2. The summed E-state index contributed by atoms with van der Waals surface area (Å²) < 4.78 is 16.2. The normalized spacial score (nSPS) is 11.9. The molecular formula is C12H15N2O6P. The number of rotatable bonds is 4. The Balaban J connectivity index is 2.55. The van der Waals surface area contributed by atoms with Crippen molar-refractivity contribution in [1.82, 2.24) is 9.71 Å². The first-order valence-electron chi connectivity index (χ1n) is 6.03. The van der Waals surface area contributed by atoms with Crippen LogP contribution >= 0.6 is 7.82 Å². The molecule has 0 saturated carbocycles. The van der Waals surface area contributed by atoms with Crippen molar-refractivity contribution in [3.05, 3.63) is 30.2 Å². The van der Waals surface area contributed by atoms with Crippen LogP contribution in [0.3, 0.4) is 0 Å². The number of aromatic hydroxyl groups is 2. The third kappa shape index (κ3) is 3.36. The summed E-state index contributed by atoms with van der Waals surface area (Å²) in [7, 11) is -4.77. The number of benzene rings is 1. The molecular weight excluding hydrogens is 299 g/mol. The van der Waals surface area contributed by atoms with Crippen LogP contribution in [0.2, 0.25) is 0 Å². The zero-order valence-electron chi connectivity index (χ0n) is 11.3. The summed E-state index contributed by atoms with van der Waals surface area (Å²) in [6, 6.07) is 2.69. The summed E-state index contributed by atoms with van der Waals surface area (Å²) in [6.45, 7) is 3.72. The Kier molecular flexibility index (Phi) is 3.95. The molecule has 0 unspecified atom stereocenters. The zero-order valence-corrected chi connectivity index (χ0v) is 12.2. The molecule has 0 aliphatic rings. The van der Waals surface area contributed by atoms with E-state index in [9.17, 15) is 14.8 Å². The van der Waals surface area contributed by atoms with Gasteiger partial charge in [0.1, 0.15) is 23.5 Å². The van der Waals surface area contributed by atoms with E-state index in [2.05, 4.69) is 9.61 Å². The van der Waals surface area contributed by atoms with E-state index in [-0.39, 0.29) is 28.7 Å². The van der Waals surface area contributed by atoms with Crippen molar-refractivity contribution in [2.24, 2.45) is 0 Å². The molecule has 1 aromatic carbocycles. The number of imidazole rings is 1. The standard InChI is InChI=1S/C12H15N2O6P/c1-7(2)8-3-9(12(16)4-11(8)15)10-5-13-6-14(10)20-21(17,18)19/h3-7,15-16H,1-2H3,(H2,17,18,19). The third-order valence-electron chi connectivity index (χ3n) is 2.84. The van der Waals surface area contributed by atoms with E-state index in [0.29, 0.717) is 5.56 Å². The third-order valence-corrected chi connectivity index (χ3v) is 3.23. The van der Waals surface area contributed by atoms with E-state index in [1.165, 1.54) is 18.3 Å². The highest BCUT2D eigenvalue weighted by atomic mass is 31.2. The second kappa shape index (κ2) is 5.40. The summed E-state index contributed by atoms with van der Waals surface area (Å²) in [5.74, 6) is -0.329. The average Bonchev–Trinajstić information content (AvgIpc) is 2.74. The van der Waals surface area contributed by atoms with Gasteiger partial charge in [0.05, 0.1) is 6.20 Å². The molecule has 0 aliphatic carbocycles. The molecule has 1 aromatic heterocycles. The smallest absolute Gasteiger partial charge is 0.508 e. The molecule has 0 amide bonds. The van der Waals surface area contributed by atoms with Crippen molar-refractivity contribution in [1.29, 1.82) is 0 Å². The van der Waals surface area contributed by atoms with Gasteiger partial charge in [-0.25, -0.2) is 9.55 Å². The summed E-state index contributed by atoms with van der Waals surface area (Å²) in [4.78, 5) is 21.5. The van der Waals surface area contributed by atoms with Crippen LogP contribution in [0.25, 0.3) is 11.3 Å². The monoisotopic (exact) mass is 314 g/mol. The van der Waals surface area contributed by atoms with Crippen molar-refractivity contribution < 1.29 is 29.2 Å². The molecule has 1 heterocycles. The van der Waals surface area contributed by atoms with Crippen LogP contribution in [0.4, 0.5) is 0 Å². The van der Waals surface area contributed by atoms with Gasteiger partial charge in [-0.1, -0.05) is 13.8 Å². The van der Waals surface area contributed by atoms with Gasteiger partial charge in [0.2, 0.25) is 0 Å². The Labute approximate surface area is 120 Å². The Hall–Kier alpha value is -2.02. The molecule has 0 aliphatic heterocycles. The van der Waals surface area contributed by atoms with Crippen LogP contribution in [0.1, 0.15) is 25.3 Å². The zero-order chi connectivity index (χ0) is 15.8. The Morgan fingerprint density at radius 2 is 1.90 bits per heavy atom. The minimum Gasteiger partial charge on any atom is -0.508 e. The number of nitrogens with zero attached hydrogens (tertiary/aromatic N) is 2. The van der Waals surface area contributed by atoms with Crippen molar-refractivity contribution in [2.45, 2.75) is 19.8 Å². The highest BCUT2D eigenvalue weighted by Gasteiger charge is 2.21. The maximum atomic E-state index is 10.9. The summed E-state index contributed by atoms with van der Waals surface area (Å²) in [5.41, 5.74) is 0.965. The topological polar surface area (TPSA) is 125 Å². The SMILES string of the molecule is CC(C)c1cc(-c2cncn2OP(=O)(O)O)c(O)cc1O. The highest BCUT2D eigenvalue weighted by molar-refractivity contribution is 7.46. The second-order valence-corrected chi connectivity index (χ2v) is 5.90. The average molecular weight is 314 g/mol. The minimum absolute atomic E-state index is 0.0107. The minimum atomic E-state index is -4.77. The van der Waals surface area contributed by atoms with Gasteiger partial charge in [-0.05, 0) is 17.5 Å². The lowest BCUT2D eigenvalue weighted by molar-refractivity contribution is 0.180. The van der Waals surface area contributed by atoms with E-state index >= 15 is 0 Å². The van der Waals surface area contributed by atoms with Crippen molar-refractivity contribution in [3.63, 3.8) is 0 Å². The van der Waals surface area contributed by atoms with E-state index in [1.807, 2.05) is 13.8 Å². The molecule has 0 atom stereocenters. The Morgan fingerprint density at radius 1 is 1.24 bits per heavy atom. The molecule has 0 bridgehead atoms. The molecule has 8 nitrogen and oxygen atoms in total. The maximum Gasteiger partial charge on any atom is 0.543 e. The number of phosphoric acid groups is 1. The number of hydrogen-bond donors (Lipinski definition) is 4. The lowest BCUT2D eigenvalue weighted by Gasteiger charge is -2.14. The second-order valence-electron chi connectivity index (χ2n) is 4.76. The summed E-state index contributed by atoms with van der Waals surface area (Å²) in [5, 5.41) is 19.7. The van der Waals surface area contributed by atoms with Gasteiger partial charge in [-0.15, -0.1) is 0 Å². The summed E-state index contributed by atoms with van der Waals surface area (Å²) in [6.07, 6.45) is 2.35. The van der Waals surface area contributed by atoms with Crippen molar-refractivity contribution >= 4 is 7.82 Å². The van der Waals surface area contributed by atoms with Gasteiger partial charge >= 0.3 is 7.82 Å². The fourth-order valence-electron chi connectivity index (χ4n) is 1.91. The highest BCUT2D eigenvalue weighted by Crippen LogP contribution is 2.39. The van der Waals surface area contributed by atoms with E-state index in [0.717, 1.165) is 11.1 Å². The first kappa shape index (κ1) is 15.4. The molecule has 0 saturated heterocycles. The molecule has 9 heteroatoms. The van der Waals surface area contributed by atoms with E-state index < -0.39 is 7.82 Å². The number of hydrogen-bond acceptors (Lipinski definition) is 5. The lowest BCUT2D eigenvalue weighted by Crippen LogP contribution is -2.08. The van der Waals surface area contributed by atoms with Crippen LogP contribution in [0, 0.1) is 0 Å². The van der Waals surface area contributed by atoms with Crippen LogP contribution in [-0.2, 0) is 4.57 Å². The molecule has 2 aromatic rings. The van der Waals surface area contributed by atoms with Gasteiger partial charge in [0, 0.05) is 11.6 Å². The molecule has 21 heavy (non-hydrogen) atoms. The van der Waals surface area contributed by atoms with E-state index in [1.54, 1.807) is 0 Å². The van der Waals surface area contributed by atoms with Crippen LogP contribution in [-0.4, -0.2) is 29.7 Å². The first-order chi connectivity index (χ1) is 9.69. The molecule has 114 valence electrons. The largest absolute Gasteiger partial charge is 0.543 e. The van der Waals surface area contributed by atoms with Gasteiger partial charge in [0.25, 0.3) is 0 Å². The molecule has 0 spiro atoms. The quantitative estimate of drug-likeness (QED) is 0.632. The maximum absolute atomic E-state index is 10.9. The van der Waals surface area contributed by atoms with Gasteiger partial charge in [0.15, 0.2) is 0 Å². The predicted octanol–water partition coefficient (Wildman–Crippen LogP) is 1.61. The summed E-state index contributed by atoms with van der Waals surface area (Å²) >= 11 is 0. The molecule has 2 rings (SSSR count). The predicted molar refractivity (Wildman–Crippen MR) is 73.7 cm³/mol. The fourth-order valence-corrected chi connectivity index (χ4v) is 2.27. The molecule has 0 fully saturated rings. The van der Waals surface area contributed by atoms with Crippen LogP contribution < -0.4 is 4.62 Å². The van der Waals surface area contributed by atoms with E-state index in [4.69, 9.17) is 9.79 Å². The Bertz CT molecular complexity index is 706. The molecule has 4 N–H and O–H groups in total. The first-order valence-corrected chi connectivity index (χ1v) is 7.56. The number of phenols is 2. The molecule has 0 radical (unpaired) electrons. The van der Waals surface area contributed by atoms with Gasteiger partial charge in [-0.3, -0.25) is 9.79 Å². The van der Waals surface area contributed by atoms with Crippen LogP contribution in [0.15, 0.2) is 24.7 Å². The van der Waals surface area contributed by atoms with Gasteiger partial charge in [-0.2, -0.15) is 4.73 Å². The number of aromatic nitrogens is 2. The Morgan fingerprint density at radius 3 is 2.48 bits per heavy atom. The van der Waals surface area contributed by atoms with Gasteiger partial charge < -0.3 is 14.8 Å².